The molecule has 0 aliphatic carbocycles. The average molecular weight is 282 g/mol. The Balaban J connectivity index is 0.00000120. The Labute approximate surface area is 119 Å². The second-order valence-electron chi connectivity index (χ2n) is 5.76. The fourth-order valence-electron chi connectivity index (χ4n) is 2.96. The van der Waals surface area contributed by atoms with Gasteiger partial charge in [-0.15, -0.1) is 0 Å². The largest absolute Gasteiger partial charge is 1.00 e. The molecule has 0 aromatic heterocycles. The van der Waals surface area contributed by atoms with Crippen molar-refractivity contribution in [3.8, 4) is 0 Å². The van der Waals surface area contributed by atoms with Crippen LogP contribution >= 0.6 is 11.6 Å². The van der Waals surface area contributed by atoms with Crippen LogP contribution in [0.15, 0.2) is 24.3 Å². The lowest BCUT2D eigenvalue weighted by atomic mass is 9.97. The number of aryl methyl sites for hydroxylation is 1. The van der Waals surface area contributed by atoms with Crippen LogP contribution in [0.2, 0.25) is 5.02 Å². The van der Waals surface area contributed by atoms with Gasteiger partial charge in [0.05, 0.1) is 14.1 Å². The van der Waals surface area contributed by atoms with E-state index in [0.717, 1.165) is 22.6 Å². The molecule has 0 bridgehead atoms. The highest BCUT2D eigenvalue weighted by molar-refractivity contribution is 6.31. The fraction of sp³-hybridized carbons (Fsp3) is 0.333. The Hall–Kier alpha value is -0.760. The lowest BCUT2D eigenvalue weighted by Crippen LogP contribution is -3.00. The molecule has 0 fully saturated rings. The molecule has 1 heterocycles. The first-order valence-electron chi connectivity index (χ1n) is 5.99. The van der Waals surface area contributed by atoms with Crippen LogP contribution in [0.1, 0.15) is 16.7 Å². The summed E-state index contributed by atoms with van der Waals surface area (Å²) in [7, 11) is 4.58. The van der Waals surface area contributed by atoms with Gasteiger partial charge in [0.2, 0.25) is 0 Å². The molecule has 0 spiro atoms. The summed E-state index contributed by atoms with van der Waals surface area (Å²) in [5.74, 6) is 0. The van der Waals surface area contributed by atoms with Gasteiger partial charge in [-0.3, -0.25) is 0 Å². The topological polar surface area (TPSA) is 0 Å². The van der Waals surface area contributed by atoms with E-state index < -0.39 is 0 Å². The van der Waals surface area contributed by atoms with Crippen LogP contribution < -0.4 is 12.4 Å². The minimum absolute atomic E-state index is 0. The molecule has 0 unspecified atom stereocenters. The summed E-state index contributed by atoms with van der Waals surface area (Å²) < 4.78 is 1.06. The molecule has 96 valence electrons. The minimum Gasteiger partial charge on any atom is -1.00 e. The summed E-state index contributed by atoms with van der Waals surface area (Å²) in [6.07, 6.45) is 0. The zero-order valence-electron chi connectivity index (χ0n) is 10.9. The van der Waals surface area contributed by atoms with Gasteiger partial charge >= 0.3 is 0 Å². The Morgan fingerprint density at radius 2 is 1.83 bits per heavy atom. The Morgan fingerprint density at radius 1 is 1.11 bits per heavy atom. The first kappa shape index (κ1) is 13.7. The molecule has 1 aliphatic heterocycles. The zero-order chi connectivity index (χ0) is 12.2. The number of hydrogen-bond donors (Lipinski definition) is 0. The van der Waals surface area contributed by atoms with Crippen molar-refractivity contribution in [3.63, 3.8) is 0 Å². The van der Waals surface area contributed by atoms with Crippen molar-refractivity contribution in [2.45, 2.75) is 20.0 Å². The maximum absolute atomic E-state index is 6.09. The van der Waals surface area contributed by atoms with E-state index in [9.17, 15) is 0 Å². The van der Waals surface area contributed by atoms with Gasteiger partial charge in [0.25, 0.3) is 0 Å². The van der Waals surface area contributed by atoms with Crippen molar-refractivity contribution in [1.29, 1.82) is 0 Å². The highest BCUT2D eigenvalue weighted by Gasteiger charge is 2.29. The van der Waals surface area contributed by atoms with Crippen molar-refractivity contribution in [1.82, 2.24) is 0 Å². The van der Waals surface area contributed by atoms with Crippen molar-refractivity contribution in [3.05, 3.63) is 46.0 Å². The normalized spacial score (nSPS) is 16.4. The number of benzene rings is 2. The third kappa shape index (κ3) is 2.11. The quantitative estimate of drug-likeness (QED) is 0.630. The third-order valence-corrected chi connectivity index (χ3v) is 4.01. The van der Waals surface area contributed by atoms with E-state index >= 15 is 0 Å². The standard InChI is InChI=1S/C15H17ClN.ClH/c1-10-14-7-13(16)5-4-11(14)6-12-8-17(2,3)9-15(10)12;/h4-7H,8-9H2,1-3H3;1H/q+1;/p-1. The summed E-state index contributed by atoms with van der Waals surface area (Å²) in [5, 5.41) is 3.44. The summed E-state index contributed by atoms with van der Waals surface area (Å²) in [4.78, 5) is 0. The van der Waals surface area contributed by atoms with Crippen LogP contribution in [-0.2, 0) is 13.1 Å². The van der Waals surface area contributed by atoms with E-state index in [-0.39, 0.29) is 12.4 Å². The van der Waals surface area contributed by atoms with E-state index in [1.165, 1.54) is 27.5 Å². The molecule has 0 saturated heterocycles. The number of halogens is 2. The van der Waals surface area contributed by atoms with Gasteiger partial charge in [-0.25, -0.2) is 0 Å². The van der Waals surface area contributed by atoms with Gasteiger partial charge in [0.1, 0.15) is 13.1 Å². The van der Waals surface area contributed by atoms with E-state index in [2.05, 4.69) is 39.2 Å². The Bertz CT molecular complexity index is 617. The second kappa shape index (κ2) is 4.41. The lowest BCUT2D eigenvalue weighted by molar-refractivity contribution is -0.910. The molecule has 0 N–H and O–H groups in total. The highest BCUT2D eigenvalue weighted by atomic mass is 35.5. The minimum atomic E-state index is 0. The summed E-state index contributed by atoms with van der Waals surface area (Å²) in [6.45, 7) is 4.49. The molecule has 0 amide bonds. The van der Waals surface area contributed by atoms with E-state index in [1.54, 1.807) is 0 Å². The predicted molar refractivity (Wildman–Crippen MR) is 73.2 cm³/mol. The van der Waals surface area contributed by atoms with Crippen molar-refractivity contribution >= 4 is 22.4 Å². The first-order valence-corrected chi connectivity index (χ1v) is 6.37. The van der Waals surface area contributed by atoms with Crippen molar-refractivity contribution in [2.75, 3.05) is 14.1 Å². The predicted octanol–water partition coefficient (Wildman–Crippen LogP) is 0.896. The molecular weight excluding hydrogens is 265 g/mol. The van der Waals surface area contributed by atoms with Crippen LogP contribution in [0, 0.1) is 6.92 Å². The molecular formula is C15H17Cl2N. The van der Waals surface area contributed by atoms with E-state index in [4.69, 9.17) is 11.6 Å². The third-order valence-electron chi connectivity index (χ3n) is 3.77. The zero-order valence-corrected chi connectivity index (χ0v) is 12.4. The maximum Gasteiger partial charge on any atom is 0.105 e. The van der Waals surface area contributed by atoms with Crippen LogP contribution in [0.3, 0.4) is 0 Å². The smallest absolute Gasteiger partial charge is 0.105 e. The molecule has 0 saturated carbocycles. The van der Waals surface area contributed by atoms with Crippen LogP contribution in [0.4, 0.5) is 0 Å². The van der Waals surface area contributed by atoms with Gasteiger partial charge in [0.15, 0.2) is 0 Å². The number of quaternary nitrogens is 1. The number of rotatable bonds is 0. The maximum atomic E-state index is 6.09. The molecule has 0 atom stereocenters. The van der Waals surface area contributed by atoms with Crippen LogP contribution in [0.25, 0.3) is 10.8 Å². The Kier molecular flexibility index (Phi) is 3.35. The number of fused-ring (bicyclic) bond motifs is 2. The van der Waals surface area contributed by atoms with Gasteiger partial charge in [-0.05, 0) is 41.5 Å². The molecule has 0 radical (unpaired) electrons. The van der Waals surface area contributed by atoms with Crippen LogP contribution in [-0.4, -0.2) is 18.6 Å². The van der Waals surface area contributed by atoms with Gasteiger partial charge < -0.3 is 16.9 Å². The molecule has 18 heavy (non-hydrogen) atoms. The second-order valence-corrected chi connectivity index (χ2v) is 6.19. The average Bonchev–Trinajstić information content (AvgIpc) is 2.55. The van der Waals surface area contributed by atoms with E-state index in [0.29, 0.717) is 0 Å². The van der Waals surface area contributed by atoms with Gasteiger partial charge in [0, 0.05) is 16.1 Å². The molecule has 3 heteroatoms. The SMILES string of the molecule is Cc1c2c(cc3ccc(Cl)cc13)C[N+](C)(C)C2.[Cl-]. The monoisotopic (exact) mass is 281 g/mol. The van der Waals surface area contributed by atoms with Crippen molar-refractivity contribution in [2.24, 2.45) is 0 Å². The number of hydrogen-bond acceptors (Lipinski definition) is 0. The van der Waals surface area contributed by atoms with Crippen LogP contribution in [0.5, 0.6) is 0 Å². The van der Waals surface area contributed by atoms with Gasteiger partial charge in [-0.1, -0.05) is 17.7 Å². The van der Waals surface area contributed by atoms with Gasteiger partial charge in [-0.2, -0.15) is 0 Å². The molecule has 2 aromatic rings. The summed E-state index contributed by atoms with van der Waals surface area (Å²) >= 11 is 6.09. The number of nitrogens with zero attached hydrogens (tertiary/aromatic N) is 1. The molecule has 1 aliphatic rings. The highest BCUT2D eigenvalue weighted by Crippen LogP contribution is 2.34. The van der Waals surface area contributed by atoms with Crippen molar-refractivity contribution < 1.29 is 16.9 Å². The Morgan fingerprint density at radius 3 is 2.56 bits per heavy atom. The molecule has 3 rings (SSSR count). The first-order chi connectivity index (χ1) is 7.96. The fourth-order valence-corrected chi connectivity index (χ4v) is 3.14. The molecule has 2 aromatic carbocycles. The summed E-state index contributed by atoms with van der Waals surface area (Å²) in [5.41, 5.74) is 4.43. The summed E-state index contributed by atoms with van der Waals surface area (Å²) in [6, 6.07) is 8.53. The lowest BCUT2D eigenvalue weighted by Gasteiger charge is -2.22. The van der Waals surface area contributed by atoms with E-state index in [1.807, 2.05) is 6.07 Å². The molecule has 1 nitrogen and oxygen atoms in total.